The molecule has 1 fully saturated rings. The Morgan fingerprint density at radius 2 is 1.75 bits per heavy atom. The zero-order valence-corrected chi connectivity index (χ0v) is 19.0. The first-order valence-electron chi connectivity index (χ1n) is 11.2. The van der Waals surface area contributed by atoms with Crippen LogP contribution in [0.25, 0.3) is 33.3 Å². The third-order valence-corrected chi connectivity index (χ3v) is 6.00. The summed E-state index contributed by atoms with van der Waals surface area (Å²) in [6.07, 6.45) is 0. The van der Waals surface area contributed by atoms with Gasteiger partial charge in [-0.3, -0.25) is 0 Å². The van der Waals surface area contributed by atoms with Crippen molar-refractivity contribution in [3.63, 3.8) is 0 Å². The molecule has 0 saturated carbocycles. The molecule has 0 unspecified atom stereocenters. The summed E-state index contributed by atoms with van der Waals surface area (Å²) in [4.78, 5) is 24.9. The van der Waals surface area contributed by atoms with Crippen LogP contribution in [0.5, 0.6) is 0 Å². The molecule has 0 atom stereocenters. The SMILES string of the molecule is CN(C)CCNc1nc(-c2ccc3ccccc3c2)nc2nc(N3CCN(C)CC3)[nH]c12. The van der Waals surface area contributed by atoms with E-state index >= 15 is 0 Å². The summed E-state index contributed by atoms with van der Waals surface area (Å²) in [5.41, 5.74) is 2.55. The standard InChI is InChI=1S/C24H30N8/c1-30(2)11-10-25-22-20-23(29-24(26-20)32-14-12-31(3)13-15-32)28-21(27-22)19-9-8-17-6-4-5-7-18(17)16-19/h4-9,16H,10-15H2,1-3H3,(H2,25,26,27,28,29). The van der Waals surface area contributed by atoms with Crippen LogP contribution in [-0.4, -0.2) is 90.1 Å². The maximum absolute atomic E-state index is 4.91. The molecule has 0 bridgehead atoms. The average Bonchev–Trinajstić information content (AvgIpc) is 3.23. The summed E-state index contributed by atoms with van der Waals surface area (Å²) in [6, 6.07) is 14.7. The maximum Gasteiger partial charge on any atom is 0.205 e. The minimum Gasteiger partial charge on any atom is -0.367 e. The Kier molecular flexibility index (Phi) is 5.63. The predicted molar refractivity (Wildman–Crippen MR) is 131 cm³/mol. The van der Waals surface area contributed by atoms with Gasteiger partial charge in [0.15, 0.2) is 17.3 Å². The molecule has 4 aromatic rings. The Morgan fingerprint density at radius 3 is 2.53 bits per heavy atom. The highest BCUT2D eigenvalue weighted by Crippen LogP contribution is 2.28. The van der Waals surface area contributed by atoms with Gasteiger partial charge in [-0.05, 0) is 38.0 Å². The molecule has 8 nitrogen and oxygen atoms in total. The molecule has 2 aromatic carbocycles. The Labute approximate surface area is 188 Å². The second kappa shape index (κ2) is 8.72. The topological polar surface area (TPSA) is 76.2 Å². The van der Waals surface area contributed by atoms with Gasteiger partial charge in [-0.2, -0.15) is 4.98 Å². The Morgan fingerprint density at radius 1 is 0.969 bits per heavy atom. The van der Waals surface area contributed by atoms with Gasteiger partial charge in [-0.15, -0.1) is 0 Å². The summed E-state index contributed by atoms with van der Waals surface area (Å²) in [5, 5.41) is 5.88. The molecule has 1 aliphatic heterocycles. The molecule has 0 radical (unpaired) electrons. The molecule has 5 rings (SSSR count). The molecule has 0 aliphatic carbocycles. The first kappa shape index (κ1) is 20.7. The van der Waals surface area contributed by atoms with Crippen LogP contribution in [0, 0.1) is 0 Å². The van der Waals surface area contributed by atoms with Crippen molar-refractivity contribution in [1.29, 1.82) is 0 Å². The number of nitrogens with zero attached hydrogens (tertiary/aromatic N) is 6. The smallest absolute Gasteiger partial charge is 0.205 e. The van der Waals surface area contributed by atoms with Gasteiger partial charge in [0.05, 0.1) is 0 Å². The van der Waals surface area contributed by atoms with Crippen molar-refractivity contribution in [1.82, 2.24) is 29.7 Å². The van der Waals surface area contributed by atoms with Crippen LogP contribution in [0.4, 0.5) is 11.8 Å². The fourth-order valence-electron chi connectivity index (χ4n) is 4.04. The molecule has 1 aliphatic rings. The third-order valence-electron chi connectivity index (χ3n) is 6.00. The van der Waals surface area contributed by atoms with Gasteiger partial charge < -0.3 is 25.0 Å². The minimum atomic E-state index is 0.687. The lowest BCUT2D eigenvalue weighted by molar-refractivity contribution is 0.311. The largest absolute Gasteiger partial charge is 0.367 e. The van der Waals surface area contributed by atoms with Crippen LogP contribution in [0.15, 0.2) is 42.5 Å². The molecule has 3 heterocycles. The van der Waals surface area contributed by atoms with E-state index in [9.17, 15) is 0 Å². The van der Waals surface area contributed by atoms with Crippen LogP contribution in [0.3, 0.4) is 0 Å². The fraction of sp³-hybridized carbons (Fsp3) is 0.375. The van der Waals surface area contributed by atoms with Crippen LogP contribution >= 0.6 is 0 Å². The van der Waals surface area contributed by atoms with Crippen molar-refractivity contribution in [2.24, 2.45) is 0 Å². The summed E-state index contributed by atoms with van der Waals surface area (Å²) in [6.45, 7) is 5.66. The van der Waals surface area contributed by atoms with E-state index in [1.807, 2.05) is 0 Å². The molecule has 2 N–H and O–H groups in total. The van der Waals surface area contributed by atoms with Crippen LogP contribution in [0.2, 0.25) is 0 Å². The van der Waals surface area contributed by atoms with Crippen LogP contribution in [-0.2, 0) is 0 Å². The number of imidazole rings is 1. The average molecular weight is 431 g/mol. The molecular formula is C24H30N8. The number of hydrogen-bond acceptors (Lipinski definition) is 7. The summed E-state index contributed by atoms with van der Waals surface area (Å²) < 4.78 is 0. The van der Waals surface area contributed by atoms with E-state index in [-0.39, 0.29) is 0 Å². The fourth-order valence-corrected chi connectivity index (χ4v) is 4.04. The predicted octanol–water partition coefficient (Wildman–Crippen LogP) is 2.90. The monoisotopic (exact) mass is 430 g/mol. The Bertz CT molecular complexity index is 1220. The van der Waals surface area contributed by atoms with Crippen molar-refractivity contribution in [2.45, 2.75) is 0 Å². The Balaban J connectivity index is 1.54. The number of aromatic nitrogens is 4. The van der Waals surface area contributed by atoms with Gasteiger partial charge in [-0.25, -0.2) is 9.97 Å². The van der Waals surface area contributed by atoms with E-state index in [1.165, 1.54) is 10.8 Å². The number of likely N-dealkylation sites (N-methyl/N-ethyl adjacent to an activating group) is 2. The minimum absolute atomic E-state index is 0.687. The number of nitrogens with one attached hydrogen (secondary N) is 2. The number of hydrogen-bond donors (Lipinski definition) is 2. The summed E-state index contributed by atoms with van der Waals surface area (Å²) >= 11 is 0. The molecule has 0 spiro atoms. The number of rotatable bonds is 6. The molecule has 1 saturated heterocycles. The lowest BCUT2D eigenvalue weighted by atomic mass is 10.1. The molecule has 2 aromatic heterocycles. The molecular weight excluding hydrogens is 400 g/mol. The molecule has 8 heteroatoms. The number of H-pyrrole nitrogens is 1. The quantitative estimate of drug-likeness (QED) is 0.487. The van der Waals surface area contributed by atoms with Crippen molar-refractivity contribution in [3.8, 4) is 11.4 Å². The maximum atomic E-state index is 4.91. The van der Waals surface area contributed by atoms with E-state index < -0.39 is 0 Å². The number of benzene rings is 2. The first-order valence-corrected chi connectivity index (χ1v) is 11.2. The van der Waals surface area contributed by atoms with E-state index in [0.29, 0.717) is 11.5 Å². The van der Waals surface area contributed by atoms with Crippen molar-refractivity contribution < 1.29 is 0 Å². The van der Waals surface area contributed by atoms with E-state index in [4.69, 9.17) is 15.0 Å². The second-order valence-corrected chi connectivity index (χ2v) is 8.74. The van der Waals surface area contributed by atoms with E-state index in [0.717, 1.165) is 62.1 Å². The van der Waals surface area contributed by atoms with Gasteiger partial charge in [0, 0.05) is 44.8 Å². The van der Waals surface area contributed by atoms with Gasteiger partial charge in [-0.1, -0.05) is 36.4 Å². The number of piperazine rings is 1. The molecule has 166 valence electrons. The van der Waals surface area contributed by atoms with Crippen LogP contribution < -0.4 is 10.2 Å². The second-order valence-electron chi connectivity index (χ2n) is 8.74. The zero-order chi connectivity index (χ0) is 22.1. The van der Waals surface area contributed by atoms with Crippen molar-refractivity contribution in [3.05, 3.63) is 42.5 Å². The molecule has 0 amide bonds. The van der Waals surface area contributed by atoms with Gasteiger partial charge >= 0.3 is 0 Å². The normalized spacial score (nSPS) is 15.2. The van der Waals surface area contributed by atoms with Gasteiger partial charge in [0.2, 0.25) is 5.95 Å². The number of fused-ring (bicyclic) bond motifs is 2. The highest BCUT2D eigenvalue weighted by Gasteiger charge is 2.20. The van der Waals surface area contributed by atoms with Gasteiger partial charge in [0.1, 0.15) is 5.52 Å². The lowest BCUT2D eigenvalue weighted by Crippen LogP contribution is -2.44. The summed E-state index contributed by atoms with van der Waals surface area (Å²) in [5.74, 6) is 2.36. The zero-order valence-electron chi connectivity index (χ0n) is 19.0. The first-order chi connectivity index (χ1) is 15.6. The number of aromatic amines is 1. The van der Waals surface area contributed by atoms with Crippen molar-refractivity contribution in [2.75, 3.05) is 70.6 Å². The highest BCUT2D eigenvalue weighted by molar-refractivity contribution is 5.89. The number of anilines is 2. The van der Waals surface area contributed by atoms with Gasteiger partial charge in [0.25, 0.3) is 0 Å². The van der Waals surface area contributed by atoms with E-state index in [2.05, 4.69) is 88.6 Å². The third kappa shape index (κ3) is 4.24. The molecule has 32 heavy (non-hydrogen) atoms. The van der Waals surface area contributed by atoms with Crippen LogP contribution in [0.1, 0.15) is 0 Å². The van der Waals surface area contributed by atoms with Crippen molar-refractivity contribution >= 4 is 33.7 Å². The lowest BCUT2D eigenvalue weighted by Gasteiger charge is -2.31. The van der Waals surface area contributed by atoms with E-state index in [1.54, 1.807) is 0 Å². The summed E-state index contributed by atoms with van der Waals surface area (Å²) in [7, 11) is 6.29. The highest BCUT2D eigenvalue weighted by atomic mass is 15.3. The Hall–Kier alpha value is -3.23.